The van der Waals surface area contributed by atoms with Gasteiger partial charge in [-0.3, -0.25) is 4.99 Å². The maximum Gasteiger partial charge on any atom is 0.336 e. The van der Waals surface area contributed by atoms with Gasteiger partial charge in [0.25, 0.3) is 0 Å². The Bertz CT molecular complexity index is 898. The largest absolute Gasteiger partial charge is 0.425 e. The molecule has 0 saturated carbocycles. The highest BCUT2D eigenvalue weighted by Crippen LogP contribution is 2.20. The molecule has 0 aliphatic rings. The summed E-state index contributed by atoms with van der Waals surface area (Å²) in [6.07, 6.45) is 1.41. The number of nitrogens with zero attached hydrogens (tertiary/aromatic N) is 1. The molecule has 0 heterocycles. The number of esters is 1. The average Bonchev–Trinajstić information content (AvgIpc) is 2.72. The van der Waals surface area contributed by atoms with Gasteiger partial charge in [0, 0.05) is 16.1 Å². The maximum absolute atomic E-state index is 12.8. The van der Waals surface area contributed by atoms with E-state index in [-0.39, 0.29) is 5.97 Å². The monoisotopic (exact) mass is 391 g/mol. The summed E-state index contributed by atoms with van der Waals surface area (Å²) >= 11 is 5.99. The molecule has 1 atom stereocenters. The third-order valence-electron chi connectivity index (χ3n) is 4.23. The first-order chi connectivity index (χ1) is 13.7. The molecule has 1 unspecified atom stereocenters. The lowest BCUT2D eigenvalue weighted by atomic mass is 10.0. The molecule has 0 N–H and O–H groups in total. The molecular weight excluding hydrogens is 370 g/mol. The molecule has 142 valence electrons. The normalized spacial score (nSPS) is 11.5. The van der Waals surface area contributed by atoms with Gasteiger partial charge < -0.3 is 4.74 Å². The van der Waals surface area contributed by atoms with Crippen LogP contribution in [0.15, 0.2) is 89.9 Å². The lowest BCUT2D eigenvalue weighted by Crippen LogP contribution is -2.26. The van der Waals surface area contributed by atoms with Crippen LogP contribution in [0.2, 0.25) is 5.02 Å². The lowest BCUT2D eigenvalue weighted by molar-refractivity contribution is -0.135. The third-order valence-corrected chi connectivity index (χ3v) is 4.46. The minimum Gasteiger partial charge on any atom is -0.425 e. The van der Waals surface area contributed by atoms with Crippen molar-refractivity contribution in [3.63, 3.8) is 0 Å². The number of carbonyl (C=O) groups excluding carboxylic acids is 1. The second-order valence-electron chi connectivity index (χ2n) is 6.39. The minimum absolute atomic E-state index is 0.381. The van der Waals surface area contributed by atoms with E-state index in [4.69, 9.17) is 21.3 Å². The number of carbonyl (C=O) groups is 1. The Morgan fingerprint density at radius 3 is 2.07 bits per heavy atom. The third kappa shape index (κ3) is 5.30. The molecule has 0 radical (unpaired) electrons. The molecule has 3 nitrogen and oxygen atoms in total. The Balaban J connectivity index is 1.95. The van der Waals surface area contributed by atoms with Gasteiger partial charge in [0.1, 0.15) is 11.8 Å². The van der Waals surface area contributed by atoms with Crippen molar-refractivity contribution < 1.29 is 9.53 Å². The molecular formula is C24H22ClNO2. The van der Waals surface area contributed by atoms with Gasteiger partial charge in [-0.05, 0) is 24.6 Å². The quantitative estimate of drug-likeness (QED) is 0.283. The van der Waals surface area contributed by atoms with Crippen LogP contribution in [-0.4, -0.2) is 17.7 Å². The van der Waals surface area contributed by atoms with E-state index in [9.17, 15) is 4.79 Å². The van der Waals surface area contributed by atoms with Crippen molar-refractivity contribution in [2.45, 2.75) is 25.8 Å². The fourth-order valence-corrected chi connectivity index (χ4v) is 3.07. The zero-order valence-electron chi connectivity index (χ0n) is 15.7. The summed E-state index contributed by atoms with van der Waals surface area (Å²) in [7, 11) is 0. The second kappa shape index (κ2) is 9.86. The first kappa shape index (κ1) is 19.8. The number of hydrogen-bond acceptors (Lipinski definition) is 3. The highest BCUT2D eigenvalue weighted by molar-refractivity contribution is 6.30. The molecule has 4 heteroatoms. The molecule has 0 aliphatic heterocycles. The van der Waals surface area contributed by atoms with E-state index in [2.05, 4.69) is 0 Å². The van der Waals surface area contributed by atoms with E-state index in [0.717, 1.165) is 23.3 Å². The first-order valence-electron chi connectivity index (χ1n) is 9.33. The molecule has 3 rings (SSSR count). The van der Waals surface area contributed by atoms with Gasteiger partial charge in [-0.2, -0.15) is 0 Å². The van der Waals surface area contributed by atoms with Crippen LogP contribution in [0.25, 0.3) is 0 Å². The van der Waals surface area contributed by atoms with E-state index < -0.39 is 6.04 Å². The predicted molar refractivity (Wildman–Crippen MR) is 114 cm³/mol. The van der Waals surface area contributed by atoms with Crippen LogP contribution in [0, 0.1) is 0 Å². The minimum atomic E-state index is -0.598. The van der Waals surface area contributed by atoms with Gasteiger partial charge >= 0.3 is 5.97 Å². The fourth-order valence-electron chi connectivity index (χ4n) is 2.89. The number of halogens is 1. The van der Waals surface area contributed by atoms with Crippen molar-refractivity contribution in [2.75, 3.05) is 0 Å². The smallest absolute Gasteiger partial charge is 0.336 e. The van der Waals surface area contributed by atoms with Crippen LogP contribution < -0.4 is 4.74 Å². The maximum atomic E-state index is 12.8. The van der Waals surface area contributed by atoms with Gasteiger partial charge in [-0.15, -0.1) is 0 Å². The number of ether oxygens (including phenoxy) is 1. The van der Waals surface area contributed by atoms with Gasteiger partial charge in [0.2, 0.25) is 0 Å². The van der Waals surface area contributed by atoms with Crippen LogP contribution in [0.3, 0.4) is 0 Å². The molecule has 3 aromatic rings. The Kier molecular flexibility index (Phi) is 6.99. The summed E-state index contributed by atoms with van der Waals surface area (Å²) in [4.78, 5) is 17.7. The summed E-state index contributed by atoms with van der Waals surface area (Å²) in [5.41, 5.74) is 2.71. The zero-order chi connectivity index (χ0) is 19.8. The van der Waals surface area contributed by atoms with Crippen LogP contribution in [-0.2, 0) is 4.79 Å². The van der Waals surface area contributed by atoms with E-state index in [1.807, 2.05) is 67.6 Å². The summed E-state index contributed by atoms with van der Waals surface area (Å²) < 4.78 is 5.55. The van der Waals surface area contributed by atoms with Crippen molar-refractivity contribution >= 4 is 23.3 Å². The molecule has 28 heavy (non-hydrogen) atoms. The van der Waals surface area contributed by atoms with E-state index in [1.165, 1.54) is 0 Å². The molecule has 0 fully saturated rings. The van der Waals surface area contributed by atoms with Gasteiger partial charge in [-0.1, -0.05) is 91.7 Å². The SMILES string of the molecule is CCCC(N=C(c1ccccc1)c1ccccc1)C(=O)Oc1cccc(Cl)c1. The molecule has 0 spiro atoms. The van der Waals surface area contributed by atoms with Crippen LogP contribution in [0.1, 0.15) is 30.9 Å². The fraction of sp³-hybridized carbons (Fsp3) is 0.167. The summed E-state index contributed by atoms with van der Waals surface area (Å²) in [5, 5.41) is 0.523. The van der Waals surface area contributed by atoms with Crippen molar-refractivity contribution in [3.8, 4) is 5.75 Å². The van der Waals surface area contributed by atoms with Gasteiger partial charge in [0.15, 0.2) is 0 Å². The number of rotatable bonds is 7. The van der Waals surface area contributed by atoms with Crippen LogP contribution in [0.4, 0.5) is 0 Å². The summed E-state index contributed by atoms with van der Waals surface area (Å²) in [6, 6.07) is 26.0. The topological polar surface area (TPSA) is 38.7 Å². The van der Waals surface area contributed by atoms with E-state index in [1.54, 1.807) is 24.3 Å². The summed E-state index contributed by atoms with van der Waals surface area (Å²) in [6.45, 7) is 2.03. The molecule has 0 aromatic heterocycles. The first-order valence-corrected chi connectivity index (χ1v) is 9.71. The Labute approximate surface area is 170 Å². The molecule has 3 aromatic carbocycles. The molecule has 0 amide bonds. The van der Waals surface area contributed by atoms with Crippen molar-refractivity contribution in [2.24, 2.45) is 4.99 Å². The number of hydrogen-bond donors (Lipinski definition) is 0. The van der Waals surface area contributed by atoms with Gasteiger partial charge in [-0.25, -0.2) is 4.79 Å². The standard InChI is InChI=1S/C24H22ClNO2/c1-2-10-22(24(27)28-21-16-9-15-20(25)17-21)26-23(18-11-5-3-6-12-18)19-13-7-4-8-14-19/h3-9,11-17,22H,2,10H2,1H3. The van der Waals surface area contributed by atoms with Crippen molar-refractivity contribution in [1.82, 2.24) is 0 Å². The Morgan fingerprint density at radius 1 is 0.929 bits per heavy atom. The highest BCUT2D eigenvalue weighted by atomic mass is 35.5. The average molecular weight is 392 g/mol. The lowest BCUT2D eigenvalue weighted by Gasteiger charge is -2.15. The van der Waals surface area contributed by atoms with Crippen LogP contribution in [0.5, 0.6) is 5.75 Å². The molecule has 0 saturated heterocycles. The van der Waals surface area contributed by atoms with Gasteiger partial charge in [0.05, 0.1) is 5.71 Å². The van der Waals surface area contributed by atoms with Crippen LogP contribution >= 0.6 is 11.6 Å². The Morgan fingerprint density at radius 2 is 1.54 bits per heavy atom. The zero-order valence-corrected chi connectivity index (χ0v) is 16.5. The second-order valence-corrected chi connectivity index (χ2v) is 6.83. The number of benzene rings is 3. The van der Waals surface area contributed by atoms with Crippen molar-refractivity contribution in [1.29, 1.82) is 0 Å². The molecule has 0 bridgehead atoms. The van der Waals surface area contributed by atoms with E-state index >= 15 is 0 Å². The highest BCUT2D eigenvalue weighted by Gasteiger charge is 2.21. The predicted octanol–water partition coefficient (Wildman–Crippen LogP) is 5.95. The molecule has 0 aliphatic carbocycles. The Hall–Kier alpha value is -2.91. The summed E-state index contributed by atoms with van der Waals surface area (Å²) in [5.74, 6) is 0.0447. The van der Waals surface area contributed by atoms with E-state index in [0.29, 0.717) is 17.2 Å². The number of aliphatic imine (C=N–C) groups is 1. The van der Waals surface area contributed by atoms with Crippen molar-refractivity contribution in [3.05, 3.63) is 101 Å².